The lowest BCUT2D eigenvalue weighted by Crippen LogP contribution is -2.52. The van der Waals surface area contributed by atoms with E-state index < -0.39 is 0 Å². The highest BCUT2D eigenvalue weighted by Gasteiger charge is 2.35. The molecular weight excluding hydrogens is 266 g/mol. The lowest BCUT2D eigenvalue weighted by molar-refractivity contribution is -0.384. The molecule has 0 bridgehead atoms. The van der Waals surface area contributed by atoms with E-state index in [1.54, 1.807) is 12.1 Å². The first-order valence-electron chi connectivity index (χ1n) is 6.26. The first-order chi connectivity index (χ1) is 8.81. The Morgan fingerprint density at radius 3 is 2.79 bits per heavy atom. The minimum Gasteiger partial charge on any atom is -0.365 e. The van der Waals surface area contributed by atoms with E-state index in [2.05, 4.69) is 13.8 Å². The Balaban J connectivity index is 2.36. The molecule has 0 radical (unpaired) electrons. The molecule has 1 aromatic carbocycles. The zero-order chi connectivity index (χ0) is 14.2. The lowest BCUT2D eigenvalue weighted by Gasteiger charge is -2.43. The monoisotopic (exact) mass is 283 g/mol. The van der Waals surface area contributed by atoms with E-state index >= 15 is 0 Å². The van der Waals surface area contributed by atoms with Crippen LogP contribution in [0.1, 0.15) is 20.3 Å². The summed E-state index contributed by atoms with van der Waals surface area (Å²) >= 11 is 5.97. The highest BCUT2D eigenvalue weighted by Crippen LogP contribution is 2.36. The van der Waals surface area contributed by atoms with Crippen LogP contribution in [0.3, 0.4) is 0 Å². The second-order valence-corrected chi connectivity index (χ2v) is 6.13. The van der Waals surface area contributed by atoms with Crippen LogP contribution in [0.5, 0.6) is 0 Å². The van der Waals surface area contributed by atoms with Crippen LogP contribution in [0, 0.1) is 15.5 Å². The number of benzene rings is 1. The molecule has 19 heavy (non-hydrogen) atoms. The van der Waals surface area contributed by atoms with Crippen molar-refractivity contribution in [2.45, 2.75) is 26.3 Å². The molecule has 0 saturated carbocycles. The van der Waals surface area contributed by atoms with Gasteiger partial charge in [-0.3, -0.25) is 10.1 Å². The molecule has 5 nitrogen and oxygen atoms in total. The number of nitro groups is 1. The van der Waals surface area contributed by atoms with E-state index in [-0.39, 0.29) is 22.1 Å². The SMILES string of the molecule is CC1(C)CN(c2cc(Cl)ccc2[N+](=O)[O-])CCC1N. The molecule has 1 saturated heterocycles. The van der Waals surface area contributed by atoms with Gasteiger partial charge in [-0.05, 0) is 24.0 Å². The second-order valence-electron chi connectivity index (χ2n) is 5.70. The van der Waals surface area contributed by atoms with Crippen molar-refractivity contribution in [3.8, 4) is 0 Å². The van der Waals surface area contributed by atoms with Crippen molar-refractivity contribution in [3.63, 3.8) is 0 Å². The summed E-state index contributed by atoms with van der Waals surface area (Å²) in [5.74, 6) is 0. The van der Waals surface area contributed by atoms with Gasteiger partial charge in [0.15, 0.2) is 0 Å². The molecule has 0 spiro atoms. The Bertz CT molecular complexity index is 505. The number of nitrogens with two attached hydrogens (primary N) is 1. The van der Waals surface area contributed by atoms with Crippen LogP contribution in [0.2, 0.25) is 5.02 Å². The van der Waals surface area contributed by atoms with Gasteiger partial charge in [0.2, 0.25) is 0 Å². The molecule has 1 unspecified atom stereocenters. The average Bonchev–Trinajstić information content (AvgIpc) is 2.32. The minimum absolute atomic E-state index is 0.0750. The van der Waals surface area contributed by atoms with Gasteiger partial charge in [0, 0.05) is 30.2 Å². The van der Waals surface area contributed by atoms with Crippen LogP contribution in [-0.2, 0) is 0 Å². The van der Waals surface area contributed by atoms with Gasteiger partial charge in [-0.1, -0.05) is 25.4 Å². The number of anilines is 1. The molecule has 1 atom stereocenters. The Kier molecular flexibility index (Phi) is 3.69. The average molecular weight is 284 g/mol. The predicted octanol–water partition coefficient (Wildman–Crippen LogP) is 2.81. The maximum atomic E-state index is 11.1. The third-order valence-corrected chi connectivity index (χ3v) is 4.02. The molecule has 1 heterocycles. The second kappa shape index (κ2) is 4.98. The van der Waals surface area contributed by atoms with E-state index in [0.29, 0.717) is 23.8 Å². The smallest absolute Gasteiger partial charge is 0.292 e. The molecule has 0 amide bonds. The van der Waals surface area contributed by atoms with Crippen molar-refractivity contribution in [3.05, 3.63) is 33.3 Å². The van der Waals surface area contributed by atoms with Gasteiger partial charge >= 0.3 is 0 Å². The number of halogens is 1. The summed E-state index contributed by atoms with van der Waals surface area (Å²) in [6.45, 7) is 5.57. The largest absolute Gasteiger partial charge is 0.365 e. The molecular formula is C13H18ClN3O2. The summed E-state index contributed by atoms with van der Waals surface area (Å²) in [5.41, 5.74) is 6.69. The summed E-state index contributed by atoms with van der Waals surface area (Å²) in [5, 5.41) is 11.6. The first-order valence-corrected chi connectivity index (χ1v) is 6.63. The summed E-state index contributed by atoms with van der Waals surface area (Å²) in [6, 6.07) is 4.78. The molecule has 0 aliphatic carbocycles. The Morgan fingerprint density at radius 2 is 2.21 bits per heavy atom. The summed E-state index contributed by atoms with van der Waals surface area (Å²) in [4.78, 5) is 12.8. The maximum absolute atomic E-state index is 11.1. The number of nitro benzene ring substituents is 1. The van der Waals surface area contributed by atoms with Crippen LogP contribution in [0.4, 0.5) is 11.4 Å². The fourth-order valence-electron chi connectivity index (χ4n) is 2.48. The minimum atomic E-state index is -0.368. The van der Waals surface area contributed by atoms with Gasteiger partial charge in [-0.15, -0.1) is 0 Å². The van der Waals surface area contributed by atoms with Crippen molar-refractivity contribution in [1.29, 1.82) is 0 Å². The number of hydrogen-bond acceptors (Lipinski definition) is 4. The molecule has 1 aromatic rings. The van der Waals surface area contributed by atoms with E-state index in [0.717, 1.165) is 6.42 Å². The van der Waals surface area contributed by atoms with E-state index in [1.807, 2.05) is 4.90 Å². The van der Waals surface area contributed by atoms with Crippen LogP contribution >= 0.6 is 11.6 Å². The van der Waals surface area contributed by atoms with Gasteiger partial charge in [0.25, 0.3) is 5.69 Å². The normalized spacial score (nSPS) is 22.3. The standard InChI is InChI=1S/C13H18ClN3O2/c1-13(2)8-16(6-5-12(13)15)11-7-9(14)3-4-10(11)17(18)19/h3-4,7,12H,5-6,8,15H2,1-2H3. The molecule has 1 aliphatic rings. The topological polar surface area (TPSA) is 72.4 Å². The van der Waals surface area contributed by atoms with Gasteiger partial charge in [-0.25, -0.2) is 0 Å². The fourth-order valence-corrected chi connectivity index (χ4v) is 2.65. The molecule has 6 heteroatoms. The van der Waals surface area contributed by atoms with Gasteiger partial charge in [0.05, 0.1) is 4.92 Å². The fraction of sp³-hybridized carbons (Fsp3) is 0.538. The number of piperidine rings is 1. The summed E-state index contributed by atoms with van der Waals surface area (Å²) in [7, 11) is 0. The molecule has 1 fully saturated rings. The Hall–Kier alpha value is -1.33. The highest BCUT2D eigenvalue weighted by molar-refractivity contribution is 6.31. The quantitative estimate of drug-likeness (QED) is 0.669. The van der Waals surface area contributed by atoms with Crippen molar-refractivity contribution in [2.24, 2.45) is 11.1 Å². The summed E-state index contributed by atoms with van der Waals surface area (Å²) in [6.07, 6.45) is 0.816. The van der Waals surface area contributed by atoms with Crippen LogP contribution in [0.15, 0.2) is 18.2 Å². The van der Waals surface area contributed by atoms with Crippen LogP contribution in [0.25, 0.3) is 0 Å². The Labute approximate surface area is 117 Å². The summed E-state index contributed by atoms with van der Waals surface area (Å²) < 4.78 is 0. The maximum Gasteiger partial charge on any atom is 0.292 e. The van der Waals surface area contributed by atoms with Crippen molar-refractivity contribution >= 4 is 23.0 Å². The molecule has 2 rings (SSSR count). The van der Waals surface area contributed by atoms with Crippen molar-refractivity contribution in [1.82, 2.24) is 0 Å². The van der Waals surface area contributed by atoms with E-state index in [9.17, 15) is 10.1 Å². The third-order valence-electron chi connectivity index (χ3n) is 3.79. The van der Waals surface area contributed by atoms with Crippen LogP contribution in [-0.4, -0.2) is 24.1 Å². The van der Waals surface area contributed by atoms with Gasteiger partial charge in [-0.2, -0.15) is 0 Å². The van der Waals surface area contributed by atoms with Gasteiger partial charge < -0.3 is 10.6 Å². The zero-order valence-electron chi connectivity index (χ0n) is 11.1. The number of nitrogens with zero attached hydrogens (tertiary/aromatic N) is 2. The van der Waals surface area contributed by atoms with E-state index in [4.69, 9.17) is 17.3 Å². The first kappa shape index (κ1) is 14.1. The number of rotatable bonds is 2. The van der Waals surface area contributed by atoms with Crippen LogP contribution < -0.4 is 10.6 Å². The highest BCUT2D eigenvalue weighted by atomic mass is 35.5. The van der Waals surface area contributed by atoms with Crippen molar-refractivity contribution < 1.29 is 4.92 Å². The molecule has 1 aliphatic heterocycles. The molecule has 104 valence electrons. The third kappa shape index (κ3) is 2.82. The van der Waals surface area contributed by atoms with E-state index in [1.165, 1.54) is 6.07 Å². The number of hydrogen-bond donors (Lipinski definition) is 1. The van der Waals surface area contributed by atoms with Gasteiger partial charge in [0.1, 0.15) is 5.69 Å². The molecule has 0 aromatic heterocycles. The molecule has 2 N–H and O–H groups in total. The predicted molar refractivity (Wildman–Crippen MR) is 76.7 cm³/mol. The van der Waals surface area contributed by atoms with Crippen molar-refractivity contribution in [2.75, 3.05) is 18.0 Å². The lowest BCUT2D eigenvalue weighted by atomic mass is 9.79. The Morgan fingerprint density at radius 1 is 1.53 bits per heavy atom. The zero-order valence-corrected chi connectivity index (χ0v) is 11.9.